The molecule has 1 aromatic carbocycles. The average molecular weight is 277 g/mol. The van der Waals surface area contributed by atoms with Gasteiger partial charge in [0.2, 0.25) is 0 Å². The molecule has 110 valence electrons. The molecule has 4 heteroatoms. The molecule has 0 amide bonds. The highest BCUT2D eigenvalue weighted by Gasteiger charge is 2.30. The van der Waals surface area contributed by atoms with E-state index in [-0.39, 0.29) is 24.0 Å². The molecule has 1 heterocycles. The summed E-state index contributed by atoms with van der Waals surface area (Å²) in [6, 6.07) is 5.93. The Balaban J connectivity index is 2.05. The van der Waals surface area contributed by atoms with E-state index in [0.717, 1.165) is 17.7 Å². The third kappa shape index (κ3) is 3.51. The Bertz CT molecular complexity index is 510. The molecule has 0 bridgehead atoms. The molecule has 1 aliphatic rings. The molecule has 2 atom stereocenters. The van der Waals surface area contributed by atoms with E-state index in [9.17, 15) is 4.79 Å². The van der Waals surface area contributed by atoms with Crippen LogP contribution in [0.4, 0.5) is 0 Å². The van der Waals surface area contributed by atoms with E-state index >= 15 is 0 Å². The number of carboxylic acids is 1. The lowest BCUT2D eigenvalue weighted by Crippen LogP contribution is -2.24. The van der Waals surface area contributed by atoms with Gasteiger partial charge in [-0.25, -0.2) is 0 Å². The van der Waals surface area contributed by atoms with Crippen molar-refractivity contribution in [1.29, 1.82) is 0 Å². The zero-order valence-electron chi connectivity index (χ0n) is 12.3. The number of carbonyl (C=O) groups is 1. The first-order valence-corrected chi connectivity index (χ1v) is 7.06. The third-order valence-electron chi connectivity index (χ3n) is 3.69. The fraction of sp³-hybridized carbons (Fsp3) is 0.562. The molecule has 0 saturated carbocycles. The van der Waals surface area contributed by atoms with E-state index in [1.807, 2.05) is 19.1 Å². The molecule has 2 unspecified atom stereocenters. The second-order valence-corrected chi connectivity index (χ2v) is 6.45. The van der Waals surface area contributed by atoms with Crippen LogP contribution in [0.3, 0.4) is 0 Å². The average Bonchev–Trinajstić information content (AvgIpc) is 2.59. The zero-order chi connectivity index (χ0) is 14.9. The first-order valence-electron chi connectivity index (χ1n) is 7.06. The monoisotopic (exact) mass is 277 g/mol. The van der Waals surface area contributed by atoms with Gasteiger partial charge in [-0.3, -0.25) is 4.79 Å². The van der Waals surface area contributed by atoms with Gasteiger partial charge >= 0.3 is 5.97 Å². The predicted molar refractivity (Wildman–Crippen MR) is 77.8 cm³/mol. The van der Waals surface area contributed by atoms with Gasteiger partial charge in [0.25, 0.3) is 0 Å². The molecule has 4 nitrogen and oxygen atoms in total. The maximum absolute atomic E-state index is 10.7. The molecule has 0 radical (unpaired) electrons. The fourth-order valence-corrected chi connectivity index (χ4v) is 2.81. The zero-order valence-corrected chi connectivity index (χ0v) is 12.3. The summed E-state index contributed by atoms with van der Waals surface area (Å²) in [4.78, 5) is 10.7. The number of carboxylic acid groups (broad SMARTS) is 1. The van der Waals surface area contributed by atoms with E-state index in [1.165, 1.54) is 5.56 Å². The van der Waals surface area contributed by atoms with Crippen molar-refractivity contribution in [2.24, 2.45) is 11.7 Å². The quantitative estimate of drug-likeness (QED) is 0.868. The van der Waals surface area contributed by atoms with Crippen molar-refractivity contribution < 1.29 is 14.6 Å². The summed E-state index contributed by atoms with van der Waals surface area (Å²) in [5.74, 6) is 0.238. The summed E-state index contributed by atoms with van der Waals surface area (Å²) in [6.45, 7) is 6.07. The molecule has 20 heavy (non-hydrogen) atoms. The number of nitrogens with two attached hydrogens (primary N) is 1. The maximum Gasteiger partial charge on any atom is 0.303 e. The standard InChI is InChI=1S/C16H23NO3/c1-10(7-15(18)19)6-13(17)11-4-5-14-12(8-11)9-16(2,3)20-14/h4-5,8,10,13H,6-7,9,17H2,1-3H3,(H,18,19). The summed E-state index contributed by atoms with van der Waals surface area (Å²) in [6.07, 6.45) is 1.72. The van der Waals surface area contributed by atoms with Crippen molar-refractivity contribution in [2.45, 2.75) is 51.7 Å². The number of fused-ring (bicyclic) bond motifs is 1. The minimum Gasteiger partial charge on any atom is -0.487 e. The molecular formula is C16H23NO3. The Kier molecular flexibility index (Phi) is 4.04. The maximum atomic E-state index is 10.7. The first-order chi connectivity index (χ1) is 9.27. The molecule has 0 fully saturated rings. The largest absolute Gasteiger partial charge is 0.487 e. The second-order valence-electron chi connectivity index (χ2n) is 6.45. The molecular weight excluding hydrogens is 254 g/mol. The van der Waals surface area contributed by atoms with Crippen LogP contribution in [0.1, 0.15) is 50.8 Å². The first kappa shape index (κ1) is 14.9. The Labute approximate surface area is 119 Å². The van der Waals surface area contributed by atoms with Crippen molar-refractivity contribution in [1.82, 2.24) is 0 Å². The molecule has 0 spiro atoms. The van der Waals surface area contributed by atoms with Crippen LogP contribution in [0.5, 0.6) is 5.75 Å². The SMILES string of the molecule is CC(CC(=O)O)CC(N)c1ccc2c(c1)CC(C)(C)O2. The van der Waals surface area contributed by atoms with E-state index in [1.54, 1.807) is 0 Å². The number of hydrogen-bond acceptors (Lipinski definition) is 3. The van der Waals surface area contributed by atoms with Crippen LogP contribution < -0.4 is 10.5 Å². The van der Waals surface area contributed by atoms with Gasteiger partial charge < -0.3 is 15.6 Å². The van der Waals surface area contributed by atoms with Gasteiger partial charge in [0.15, 0.2) is 0 Å². The van der Waals surface area contributed by atoms with Crippen LogP contribution in [0.15, 0.2) is 18.2 Å². The minimum atomic E-state index is -0.770. The molecule has 0 aromatic heterocycles. The number of rotatable bonds is 5. The normalized spacial score (nSPS) is 19.0. The van der Waals surface area contributed by atoms with Crippen molar-refractivity contribution >= 4 is 5.97 Å². The lowest BCUT2D eigenvalue weighted by molar-refractivity contribution is -0.138. The minimum absolute atomic E-state index is 0.0726. The highest BCUT2D eigenvalue weighted by molar-refractivity contribution is 5.66. The van der Waals surface area contributed by atoms with Gasteiger partial charge in [-0.2, -0.15) is 0 Å². The van der Waals surface area contributed by atoms with Gasteiger partial charge in [0, 0.05) is 18.9 Å². The van der Waals surface area contributed by atoms with E-state index in [4.69, 9.17) is 15.6 Å². The van der Waals surface area contributed by atoms with Gasteiger partial charge in [-0.05, 0) is 43.4 Å². The number of ether oxygens (including phenoxy) is 1. The van der Waals surface area contributed by atoms with Crippen LogP contribution in [0.2, 0.25) is 0 Å². The van der Waals surface area contributed by atoms with Crippen molar-refractivity contribution in [3.8, 4) is 5.75 Å². The Hall–Kier alpha value is -1.55. The molecule has 2 rings (SSSR count). The Morgan fingerprint density at radius 2 is 2.20 bits per heavy atom. The third-order valence-corrected chi connectivity index (χ3v) is 3.69. The summed E-state index contributed by atoms with van der Waals surface area (Å²) in [5, 5.41) is 8.79. The summed E-state index contributed by atoms with van der Waals surface area (Å²) in [7, 11) is 0. The van der Waals surface area contributed by atoms with E-state index in [2.05, 4.69) is 19.9 Å². The Morgan fingerprint density at radius 3 is 2.85 bits per heavy atom. The topological polar surface area (TPSA) is 72.5 Å². The summed E-state index contributed by atoms with van der Waals surface area (Å²) in [5.41, 5.74) is 8.29. The number of hydrogen-bond donors (Lipinski definition) is 2. The predicted octanol–water partition coefficient (Wildman–Crippen LogP) is 2.90. The van der Waals surface area contributed by atoms with Gasteiger partial charge in [0.05, 0.1) is 0 Å². The van der Waals surface area contributed by atoms with Gasteiger partial charge in [-0.15, -0.1) is 0 Å². The van der Waals surface area contributed by atoms with Crippen LogP contribution in [0, 0.1) is 5.92 Å². The van der Waals surface area contributed by atoms with Crippen molar-refractivity contribution in [3.05, 3.63) is 29.3 Å². The molecule has 3 N–H and O–H groups in total. The van der Waals surface area contributed by atoms with Crippen molar-refractivity contribution in [2.75, 3.05) is 0 Å². The summed E-state index contributed by atoms with van der Waals surface area (Å²) < 4.78 is 5.84. The highest BCUT2D eigenvalue weighted by Crippen LogP contribution is 2.36. The molecule has 0 saturated heterocycles. The van der Waals surface area contributed by atoms with E-state index in [0.29, 0.717) is 6.42 Å². The van der Waals surface area contributed by atoms with Crippen molar-refractivity contribution in [3.63, 3.8) is 0 Å². The second kappa shape index (κ2) is 5.44. The van der Waals surface area contributed by atoms with Crippen LogP contribution in [-0.2, 0) is 11.2 Å². The molecule has 1 aromatic rings. The van der Waals surface area contributed by atoms with Gasteiger partial charge in [-0.1, -0.05) is 19.1 Å². The van der Waals surface area contributed by atoms with E-state index < -0.39 is 5.97 Å². The van der Waals surface area contributed by atoms with Gasteiger partial charge in [0.1, 0.15) is 11.4 Å². The summed E-state index contributed by atoms with van der Waals surface area (Å²) >= 11 is 0. The lowest BCUT2D eigenvalue weighted by atomic mass is 9.92. The van der Waals surface area contributed by atoms with Crippen LogP contribution in [-0.4, -0.2) is 16.7 Å². The molecule has 1 aliphatic heterocycles. The lowest BCUT2D eigenvalue weighted by Gasteiger charge is -2.17. The van der Waals surface area contributed by atoms with Crippen LogP contribution >= 0.6 is 0 Å². The fourth-order valence-electron chi connectivity index (χ4n) is 2.81. The van der Waals surface area contributed by atoms with Crippen LogP contribution in [0.25, 0.3) is 0 Å². The smallest absolute Gasteiger partial charge is 0.303 e. The number of aliphatic carboxylic acids is 1. The molecule has 0 aliphatic carbocycles. The number of benzene rings is 1. The Morgan fingerprint density at radius 1 is 1.50 bits per heavy atom. The highest BCUT2D eigenvalue weighted by atomic mass is 16.5.